The van der Waals surface area contributed by atoms with Gasteiger partial charge in [0.05, 0.1) is 18.3 Å². The molecule has 4 atom stereocenters. The van der Waals surface area contributed by atoms with Gasteiger partial charge in [-0.05, 0) is 43.8 Å². The Balaban J connectivity index is 2.09. The van der Waals surface area contributed by atoms with Gasteiger partial charge in [-0.2, -0.15) is 0 Å². The van der Waals surface area contributed by atoms with Gasteiger partial charge in [-0.15, -0.1) is 6.58 Å². The van der Waals surface area contributed by atoms with Crippen LogP contribution in [0.15, 0.2) is 12.7 Å². The van der Waals surface area contributed by atoms with Gasteiger partial charge < -0.3 is 13.9 Å². The molecule has 2 aliphatic heterocycles. The summed E-state index contributed by atoms with van der Waals surface area (Å²) in [6, 6.07) is 0. The molecule has 0 amide bonds. The fraction of sp³-hybridized carbons (Fsp3) is 0.882. The lowest BCUT2D eigenvalue weighted by Gasteiger charge is -2.40. The van der Waals surface area contributed by atoms with Crippen molar-refractivity contribution in [1.82, 2.24) is 0 Å². The first-order chi connectivity index (χ1) is 9.74. The van der Waals surface area contributed by atoms with Gasteiger partial charge in [-0.1, -0.05) is 26.8 Å². The monoisotopic (exact) mass is 312 g/mol. The number of hydrogen-bond donors (Lipinski definition) is 0. The van der Waals surface area contributed by atoms with E-state index in [9.17, 15) is 0 Å². The van der Waals surface area contributed by atoms with Crippen molar-refractivity contribution in [2.24, 2.45) is 0 Å². The van der Waals surface area contributed by atoms with Crippen LogP contribution in [0.25, 0.3) is 0 Å². The molecule has 2 saturated heterocycles. The van der Waals surface area contributed by atoms with Crippen LogP contribution in [-0.4, -0.2) is 39.3 Å². The van der Waals surface area contributed by atoms with Gasteiger partial charge in [0.1, 0.15) is 6.10 Å². The topological polar surface area (TPSA) is 27.7 Å². The van der Waals surface area contributed by atoms with Gasteiger partial charge in [0.25, 0.3) is 0 Å². The second-order valence-electron chi connectivity index (χ2n) is 7.92. The Morgan fingerprint density at radius 3 is 2.48 bits per heavy atom. The fourth-order valence-electron chi connectivity index (χ4n) is 2.91. The Hall–Kier alpha value is -0.163. The highest BCUT2D eigenvalue weighted by atomic mass is 28.4. The van der Waals surface area contributed by atoms with Crippen LogP contribution in [0, 0.1) is 0 Å². The summed E-state index contributed by atoms with van der Waals surface area (Å²) in [6.07, 6.45) is 6.74. The Morgan fingerprint density at radius 1 is 1.14 bits per heavy atom. The minimum atomic E-state index is -1.79. The maximum absolute atomic E-state index is 6.62. The molecule has 0 spiro atoms. The highest BCUT2D eigenvalue weighted by Gasteiger charge is 2.43. The Kier molecular flexibility index (Phi) is 5.34. The maximum Gasteiger partial charge on any atom is 0.192 e. The van der Waals surface area contributed by atoms with Gasteiger partial charge in [0, 0.05) is 6.61 Å². The first kappa shape index (κ1) is 17.2. The average Bonchev–Trinajstić information content (AvgIpc) is 2.57. The lowest BCUT2D eigenvalue weighted by Crippen LogP contribution is -2.47. The molecule has 2 fully saturated rings. The van der Waals surface area contributed by atoms with Crippen LogP contribution in [0.1, 0.15) is 46.5 Å². The van der Waals surface area contributed by atoms with Crippen molar-refractivity contribution in [3.63, 3.8) is 0 Å². The highest BCUT2D eigenvalue weighted by molar-refractivity contribution is 6.74. The van der Waals surface area contributed by atoms with Gasteiger partial charge in [-0.3, -0.25) is 0 Å². The molecule has 0 aromatic heterocycles. The summed E-state index contributed by atoms with van der Waals surface area (Å²) in [4.78, 5) is 0. The lowest BCUT2D eigenvalue weighted by atomic mass is 10.0. The summed E-state index contributed by atoms with van der Waals surface area (Å²) in [5.41, 5.74) is 0. The summed E-state index contributed by atoms with van der Waals surface area (Å²) in [5, 5.41) is 0.217. The molecule has 0 N–H and O–H groups in total. The first-order valence-corrected chi connectivity index (χ1v) is 11.2. The first-order valence-electron chi connectivity index (χ1n) is 8.32. The standard InChI is InChI=1S/C17H32O3Si/c1-7-13-16(20-21(5,6)17(2,3)4)11-10-14-15(19-13)9-8-12-18-14/h7,13-16H,1,8-12H2,2-6H3/t13-,14-,15+,16+/m1/s1. The van der Waals surface area contributed by atoms with Crippen LogP contribution >= 0.6 is 0 Å². The molecule has 2 rings (SSSR count). The Bertz CT molecular complexity index is 362. The summed E-state index contributed by atoms with van der Waals surface area (Å²) in [5.74, 6) is 0. The number of rotatable bonds is 3. The van der Waals surface area contributed by atoms with E-state index < -0.39 is 8.32 Å². The molecule has 21 heavy (non-hydrogen) atoms. The molecule has 0 aromatic carbocycles. The van der Waals surface area contributed by atoms with Crippen LogP contribution in [-0.2, 0) is 13.9 Å². The minimum absolute atomic E-state index is 0.00387. The van der Waals surface area contributed by atoms with E-state index in [1.54, 1.807) is 0 Å². The average molecular weight is 313 g/mol. The number of fused-ring (bicyclic) bond motifs is 1. The zero-order valence-electron chi connectivity index (χ0n) is 14.4. The molecule has 2 heterocycles. The SMILES string of the molecule is C=C[C@H]1O[C@H]2CCCO[C@@H]2CC[C@@H]1O[Si](C)(C)C(C)(C)C. The zero-order valence-corrected chi connectivity index (χ0v) is 15.4. The predicted molar refractivity (Wildman–Crippen MR) is 89.1 cm³/mol. The van der Waals surface area contributed by atoms with Crippen LogP contribution in [0.5, 0.6) is 0 Å². The third kappa shape index (κ3) is 3.98. The van der Waals surface area contributed by atoms with Gasteiger partial charge in [0.15, 0.2) is 8.32 Å². The summed E-state index contributed by atoms with van der Waals surface area (Å²) >= 11 is 0. The summed E-state index contributed by atoms with van der Waals surface area (Å²) in [7, 11) is -1.79. The van der Waals surface area contributed by atoms with Crippen molar-refractivity contribution in [1.29, 1.82) is 0 Å². The largest absolute Gasteiger partial charge is 0.411 e. The Morgan fingerprint density at radius 2 is 1.86 bits per heavy atom. The van der Waals surface area contributed by atoms with Gasteiger partial charge >= 0.3 is 0 Å². The molecule has 0 aromatic rings. The lowest BCUT2D eigenvalue weighted by molar-refractivity contribution is -0.119. The van der Waals surface area contributed by atoms with E-state index in [1.807, 2.05) is 6.08 Å². The maximum atomic E-state index is 6.62. The van der Waals surface area contributed by atoms with E-state index in [4.69, 9.17) is 13.9 Å². The van der Waals surface area contributed by atoms with Crippen molar-refractivity contribution in [2.45, 2.75) is 89.0 Å². The summed E-state index contributed by atoms with van der Waals surface area (Å²) < 4.78 is 18.8. The molecular weight excluding hydrogens is 280 g/mol. The smallest absolute Gasteiger partial charge is 0.192 e. The van der Waals surface area contributed by atoms with E-state index in [2.05, 4.69) is 40.4 Å². The van der Waals surface area contributed by atoms with Crippen LogP contribution in [0.4, 0.5) is 0 Å². The van der Waals surface area contributed by atoms with Crippen LogP contribution < -0.4 is 0 Å². The van der Waals surface area contributed by atoms with Crippen LogP contribution in [0.3, 0.4) is 0 Å². The van der Waals surface area contributed by atoms with Crippen molar-refractivity contribution in [3.05, 3.63) is 12.7 Å². The molecule has 0 radical (unpaired) electrons. The van der Waals surface area contributed by atoms with Crippen molar-refractivity contribution in [2.75, 3.05) is 6.61 Å². The Labute approximate surface area is 131 Å². The second kappa shape index (κ2) is 6.53. The minimum Gasteiger partial charge on any atom is -0.411 e. The summed E-state index contributed by atoms with van der Waals surface area (Å²) in [6.45, 7) is 16.3. The van der Waals surface area contributed by atoms with Crippen molar-refractivity contribution in [3.8, 4) is 0 Å². The quantitative estimate of drug-likeness (QED) is 0.575. The van der Waals surface area contributed by atoms with E-state index in [0.717, 1.165) is 32.3 Å². The van der Waals surface area contributed by atoms with Crippen molar-refractivity contribution >= 4 is 8.32 Å². The van der Waals surface area contributed by atoms with E-state index in [0.29, 0.717) is 0 Å². The predicted octanol–water partition coefficient (Wildman–Crippen LogP) is 4.29. The second-order valence-corrected chi connectivity index (χ2v) is 12.7. The third-order valence-electron chi connectivity index (χ3n) is 5.30. The zero-order chi connectivity index (χ0) is 15.7. The number of hydrogen-bond acceptors (Lipinski definition) is 3. The molecule has 3 nitrogen and oxygen atoms in total. The molecule has 0 bridgehead atoms. The van der Waals surface area contributed by atoms with E-state index >= 15 is 0 Å². The molecule has 0 saturated carbocycles. The highest BCUT2D eigenvalue weighted by Crippen LogP contribution is 2.39. The molecule has 4 heteroatoms. The molecule has 122 valence electrons. The van der Waals surface area contributed by atoms with Crippen molar-refractivity contribution < 1.29 is 13.9 Å². The van der Waals surface area contributed by atoms with E-state index in [1.165, 1.54) is 0 Å². The molecule has 0 aliphatic carbocycles. The van der Waals surface area contributed by atoms with Gasteiger partial charge in [-0.25, -0.2) is 0 Å². The van der Waals surface area contributed by atoms with Crippen LogP contribution in [0.2, 0.25) is 18.1 Å². The van der Waals surface area contributed by atoms with E-state index in [-0.39, 0.29) is 29.5 Å². The fourth-order valence-corrected chi connectivity index (χ4v) is 4.27. The molecule has 0 unspecified atom stereocenters. The number of ether oxygens (including phenoxy) is 2. The molecule has 2 aliphatic rings. The van der Waals surface area contributed by atoms with Gasteiger partial charge in [0.2, 0.25) is 0 Å². The molecular formula is C17H32O3Si. The third-order valence-corrected chi connectivity index (χ3v) is 9.80. The normalized spacial score (nSPS) is 34.9.